The molecule has 0 saturated carbocycles. The van der Waals surface area contributed by atoms with Gasteiger partial charge in [0.1, 0.15) is 22.8 Å². The van der Waals surface area contributed by atoms with E-state index in [2.05, 4.69) is 15.9 Å². The van der Waals surface area contributed by atoms with Crippen LogP contribution in [0.1, 0.15) is 28.8 Å². The van der Waals surface area contributed by atoms with E-state index >= 15 is 0 Å². The van der Waals surface area contributed by atoms with Crippen LogP contribution in [0.3, 0.4) is 0 Å². The number of likely N-dealkylation sites (N-methyl/N-ethyl adjacent to an activating group) is 1. The summed E-state index contributed by atoms with van der Waals surface area (Å²) in [6.45, 7) is 3.41. The molecule has 1 heterocycles. The maximum absolute atomic E-state index is 12.4. The lowest BCUT2D eigenvalue weighted by atomic mass is 10.2. The first-order valence-electron chi connectivity index (χ1n) is 7.27. The van der Waals surface area contributed by atoms with Crippen LogP contribution >= 0.6 is 15.9 Å². The Morgan fingerprint density at radius 2 is 2.08 bits per heavy atom. The summed E-state index contributed by atoms with van der Waals surface area (Å²) in [6.07, 6.45) is -0.681. The fourth-order valence-corrected chi connectivity index (χ4v) is 2.63. The number of benzene rings is 1. The molecule has 0 spiro atoms. The second-order valence-corrected chi connectivity index (χ2v) is 6.32. The van der Waals surface area contributed by atoms with Crippen molar-refractivity contribution in [1.29, 1.82) is 0 Å². The van der Waals surface area contributed by atoms with E-state index in [-0.39, 0.29) is 18.0 Å². The molecule has 7 heteroatoms. The summed E-state index contributed by atoms with van der Waals surface area (Å²) in [5.41, 5.74) is 0.101. The van der Waals surface area contributed by atoms with Crippen LogP contribution in [0.5, 0.6) is 5.75 Å². The summed E-state index contributed by atoms with van der Waals surface area (Å²) >= 11 is 3.35. The first-order valence-corrected chi connectivity index (χ1v) is 8.07. The molecule has 1 aromatic carbocycles. The number of aryl methyl sites for hydroxylation is 1. The number of halogens is 1. The zero-order valence-electron chi connectivity index (χ0n) is 13.6. The molecule has 0 aliphatic heterocycles. The zero-order valence-corrected chi connectivity index (χ0v) is 15.2. The molecule has 0 bridgehead atoms. The lowest BCUT2D eigenvalue weighted by molar-refractivity contribution is -0.137. The van der Waals surface area contributed by atoms with Crippen molar-refractivity contribution >= 4 is 27.8 Å². The fraction of sp³-hybridized carbons (Fsp3) is 0.294. The minimum absolute atomic E-state index is 0.101. The zero-order chi connectivity index (χ0) is 17.9. The average molecular weight is 396 g/mol. The first kappa shape index (κ1) is 18.1. The smallest absolute Gasteiger partial charge is 0.339 e. The highest BCUT2D eigenvalue weighted by atomic mass is 79.9. The predicted octanol–water partition coefficient (Wildman–Crippen LogP) is 3.47. The predicted molar refractivity (Wildman–Crippen MR) is 91.1 cm³/mol. The number of hydrogen-bond acceptors (Lipinski definition) is 4. The Morgan fingerprint density at radius 3 is 2.67 bits per heavy atom. The lowest BCUT2D eigenvalue weighted by Crippen LogP contribution is -2.37. The van der Waals surface area contributed by atoms with Gasteiger partial charge < -0.3 is 19.2 Å². The highest BCUT2D eigenvalue weighted by molar-refractivity contribution is 9.10. The number of nitrogens with zero attached hydrogens (tertiary/aromatic N) is 1. The summed E-state index contributed by atoms with van der Waals surface area (Å²) in [5, 5.41) is 9.03. The van der Waals surface area contributed by atoms with E-state index in [1.165, 1.54) is 11.0 Å². The molecule has 0 aliphatic rings. The molecule has 0 aliphatic carbocycles. The number of carbonyl (C=O) groups is 2. The maximum Gasteiger partial charge on any atom is 0.339 e. The van der Waals surface area contributed by atoms with E-state index in [0.717, 1.165) is 4.47 Å². The van der Waals surface area contributed by atoms with E-state index in [9.17, 15) is 9.59 Å². The molecule has 1 unspecified atom stereocenters. The molecule has 0 radical (unpaired) electrons. The van der Waals surface area contributed by atoms with Gasteiger partial charge in [0.2, 0.25) is 0 Å². The van der Waals surface area contributed by atoms with Gasteiger partial charge in [-0.25, -0.2) is 4.79 Å². The van der Waals surface area contributed by atoms with Crippen LogP contribution in [0.4, 0.5) is 0 Å². The van der Waals surface area contributed by atoms with Crippen molar-refractivity contribution in [3.05, 3.63) is 51.9 Å². The van der Waals surface area contributed by atoms with Crippen LogP contribution in [0, 0.1) is 6.92 Å². The van der Waals surface area contributed by atoms with Crippen LogP contribution in [0.2, 0.25) is 0 Å². The van der Waals surface area contributed by atoms with E-state index in [1.54, 1.807) is 33.0 Å². The largest absolute Gasteiger partial charge is 0.481 e. The Hall–Kier alpha value is -2.28. The van der Waals surface area contributed by atoms with Gasteiger partial charge in [0.15, 0.2) is 6.10 Å². The summed E-state index contributed by atoms with van der Waals surface area (Å²) in [7, 11) is 1.61. The number of amides is 1. The molecular formula is C17H18BrNO5. The molecule has 1 aromatic heterocycles. The average Bonchev–Trinajstić information content (AvgIpc) is 2.87. The number of rotatable bonds is 6. The van der Waals surface area contributed by atoms with Gasteiger partial charge in [-0.05, 0) is 38.1 Å². The molecular weight excluding hydrogens is 378 g/mol. The highest BCUT2D eigenvalue weighted by Gasteiger charge is 2.22. The number of aromatic carboxylic acids is 1. The number of carboxylic acids is 1. The van der Waals surface area contributed by atoms with Crippen LogP contribution in [0.15, 0.2) is 39.2 Å². The maximum atomic E-state index is 12.4. The summed E-state index contributed by atoms with van der Waals surface area (Å²) < 4.78 is 11.9. The third-order valence-electron chi connectivity index (χ3n) is 3.43. The lowest BCUT2D eigenvalue weighted by Gasteiger charge is -2.21. The topological polar surface area (TPSA) is 80.0 Å². The van der Waals surface area contributed by atoms with Crippen molar-refractivity contribution in [2.24, 2.45) is 0 Å². The summed E-state index contributed by atoms with van der Waals surface area (Å²) in [5.74, 6) is 0.0246. The van der Waals surface area contributed by atoms with Crippen molar-refractivity contribution in [3.63, 3.8) is 0 Å². The molecule has 2 rings (SSSR count). The Morgan fingerprint density at radius 1 is 1.38 bits per heavy atom. The molecule has 1 N–H and O–H groups in total. The highest BCUT2D eigenvalue weighted by Crippen LogP contribution is 2.20. The second kappa shape index (κ2) is 7.53. The standard InChI is InChI=1S/C17H18BrNO5/c1-10-15(17(21)22)8-14(23-10)9-19(3)16(20)11(2)24-13-6-4-5-12(18)7-13/h4-8,11H,9H2,1-3H3,(H,21,22). The van der Waals surface area contributed by atoms with Gasteiger partial charge in [-0.1, -0.05) is 22.0 Å². The first-order chi connectivity index (χ1) is 11.3. The number of hydrogen-bond donors (Lipinski definition) is 1. The van der Waals surface area contributed by atoms with E-state index in [1.807, 2.05) is 12.1 Å². The molecule has 6 nitrogen and oxygen atoms in total. The van der Waals surface area contributed by atoms with Crippen molar-refractivity contribution in [2.75, 3.05) is 7.05 Å². The SMILES string of the molecule is Cc1oc(CN(C)C(=O)C(C)Oc2cccc(Br)c2)cc1C(=O)O. The van der Waals surface area contributed by atoms with Gasteiger partial charge in [0.05, 0.1) is 6.54 Å². The number of carboxylic acid groups (broad SMARTS) is 1. The summed E-state index contributed by atoms with van der Waals surface area (Å²) in [4.78, 5) is 24.9. The Kier molecular flexibility index (Phi) is 5.66. The molecule has 0 fully saturated rings. The van der Waals surface area contributed by atoms with E-state index in [4.69, 9.17) is 14.3 Å². The van der Waals surface area contributed by atoms with Gasteiger partial charge >= 0.3 is 5.97 Å². The minimum atomic E-state index is -1.05. The fourth-order valence-electron chi connectivity index (χ4n) is 2.25. The Balaban J connectivity index is 2.00. The van der Waals surface area contributed by atoms with E-state index in [0.29, 0.717) is 17.3 Å². The minimum Gasteiger partial charge on any atom is -0.481 e. The Labute approximate surface area is 148 Å². The molecule has 128 valence electrons. The molecule has 0 saturated heterocycles. The third kappa shape index (κ3) is 4.38. The van der Waals surface area contributed by atoms with Crippen LogP contribution < -0.4 is 4.74 Å². The monoisotopic (exact) mass is 395 g/mol. The molecule has 2 aromatic rings. The number of furan rings is 1. The van der Waals surface area contributed by atoms with Crippen molar-refractivity contribution in [3.8, 4) is 5.75 Å². The van der Waals surface area contributed by atoms with Gasteiger partial charge in [0, 0.05) is 11.5 Å². The van der Waals surface area contributed by atoms with Crippen molar-refractivity contribution in [2.45, 2.75) is 26.5 Å². The summed E-state index contributed by atoms with van der Waals surface area (Å²) in [6, 6.07) is 8.66. The number of carbonyl (C=O) groups excluding carboxylic acids is 1. The van der Waals surface area contributed by atoms with Gasteiger partial charge in [-0.3, -0.25) is 4.79 Å². The van der Waals surface area contributed by atoms with E-state index < -0.39 is 12.1 Å². The quantitative estimate of drug-likeness (QED) is 0.809. The number of ether oxygens (including phenoxy) is 1. The molecule has 24 heavy (non-hydrogen) atoms. The molecule has 1 atom stereocenters. The Bertz CT molecular complexity index is 755. The van der Waals surface area contributed by atoms with Gasteiger partial charge in [0.25, 0.3) is 5.91 Å². The van der Waals surface area contributed by atoms with Crippen LogP contribution in [0.25, 0.3) is 0 Å². The third-order valence-corrected chi connectivity index (χ3v) is 3.92. The van der Waals surface area contributed by atoms with Crippen LogP contribution in [-0.2, 0) is 11.3 Å². The molecule has 1 amide bonds. The van der Waals surface area contributed by atoms with Crippen molar-refractivity contribution in [1.82, 2.24) is 4.90 Å². The van der Waals surface area contributed by atoms with Gasteiger partial charge in [-0.15, -0.1) is 0 Å². The normalized spacial score (nSPS) is 11.8. The second-order valence-electron chi connectivity index (χ2n) is 5.40. The van der Waals surface area contributed by atoms with Gasteiger partial charge in [-0.2, -0.15) is 0 Å². The van der Waals surface area contributed by atoms with Crippen molar-refractivity contribution < 1.29 is 23.8 Å². The van der Waals surface area contributed by atoms with Crippen LogP contribution in [-0.4, -0.2) is 35.0 Å².